The molecule has 1 heterocycles. The van der Waals surface area contributed by atoms with Crippen molar-refractivity contribution in [1.29, 1.82) is 0 Å². The fraction of sp³-hybridized carbons (Fsp3) is 0.619. The molecule has 5 nitrogen and oxygen atoms in total. The molecule has 0 unspecified atom stereocenters. The van der Waals surface area contributed by atoms with Crippen LogP contribution in [0.4, 0.5) is 0 Å². The SMILES string of the molecule is CCCN(CC(=O)N1CCN(C(=O)C2CC2)CC1)Cc1ccc(C)cc1. The third-order valence-electron chi connectivity index (χ3n) is 5.30. The second kappa shape index (κ2) is 8.67. The van der Waals surface area contributed by atoms with Crippen molar-refractivity contribution in [2.24, 2.45) is 5.92 Å². The van der Waals surface area contributed by atoms with E-state index >= 15 is 0 Å². The molecule has 1 aliphatic heterocycles. The number of aryl methyl sites for hydroxylation is 1. The van der Waals surface area contributed by atoms with Gasteiger partial charge in [-0.2, -0.15) is 0 Å². The van der Waals surface area contributed by atoms with Crippen molar-refractivity contribution in [3.8, 4) is 0 Å². The Morgan fingerprint density at radius 2 is 1.65 bits per heavy atom. The maximum absolute atomic E-state index is 12.7. The molecule has 1 aromatic carbocycles. The van der Waals surface area contributed by atoms with E-state index in [0.29, 0.717) is 38.6 Å². The van der Waals surface area contributed by atoms with E-state index in [9.17, 15) is 9.59 Å². The summed E-state index contributed by atoms with van der Waals surface area (Å²) in [5.41, 5.74) is 2.50. The lowest BCUT2D eigenvalue weighted by Crippen LogP contribution is -2.53. The number of amides is 2. The average Bonchev–Trinajstić information content (AvgIpc) is 3.48. The topological polar surface area (TPSA) is 43.9 Å². The van der Waals surface area contributed by atoms with Crippen molar-refractivity contribution in [3.63, 3.8) is 0 Å². The number of carbonyl (C=O) groups excluding carboxylic acids is 2. The van der Waals surface area contributed by atoms with Crippen LogP contribution in [0.1, 0.15) is 37.3 Å². The first-order chi connectivity index (χ1) is 12.6. The summed E-state index contributed by atoms with van der Waals surface area (Å²) in [6.07, 6.45) is 3.12. The first kappa shape index (κ1) is 18.9. The van der Waals surface area contributed by atoms with Gasteiger partial charge in [0.2, 0.25) is 11.8 Å². The number of piperazine rings is 1. The monoisotopic (exact) mass is 357 g/mol. The van der Waals surface area contributed by atoms with Gasteiger partial charge in [-0.25, -0.2) is 0 Å². The molecule has 0 radical (unpaired) electrons. The van der Waals surface area contributed by atoms with Gasteiger partial charge in [0.15, 0.2) is 0 Å². The van der Waals surface area contributed by atoms with Crippen LogP contribution in [0.25, 0.3) is 0 Å². The Labute approximate surface area is 156 Å². The summed E-state index contributed by atoms with van der Waals surface area (Å²) in [6, 6.07) is 8.53. The second-order valence-electron chi connectivity index (χ2n) is 7.68. The van der Waals surface area contributed by atoms with E-state index in [1.165, 1.54) is 11.1 Å². The second-order valence-corrected chi connectivity index (χ2v) is 7.68. The Bertz CT molecular complexity index is 617. The van der Waals surface area contributed by atoms with Crippen molar-refractivity contribution < 1.29 is 9.59 Å². The van der Waals surface area contributed by atoms with Crippen LogP contribution in [-0.2, 0) is 16.1 Å². The molecule has 0 N–H and O–H groups in total. The van der Waals surface area contributed by atoms with Gasteiger partial charge in [-0.15, -0.1) is 0 Å². The van der Waals surface area contributed by atoms with Gasteiger partial charge in [-0.05, 0) is 38.3 Å². The molecule has 2 fully saturated rings. The molecule has 0 aromatic heterocycles. The Balaban J connectivity index is 1.49. The zero-order valence-electron chi connectivity index (χ0n) is 16.1. The Hall–Kier alpha value is -1.88. The molecule has 2 aliphatic rings. The van der Waals surface area contributed by atoms with E-state index in [2.05, 4.69) is 43.0 Å². The predicted molar refractivity (Wildman–Crippen MR) is 103 cm³/mol. The number of rotatable bonds is 7. The van der Waals surface area contributed by atoms with Crippen LogP contribution in [0, 0.1) is 12.8 Å². The van der Waals surface area contributed by atoms with Crippen LogP contribution in [0.2, 0.25) is 0 Å². The molecule has 5 heteroatoms. The predicted octanol–water partition coefficient (Wildman–Crippen LogP) is 2.29. The molecule has 1 aliphatic carbocycles. The van der Waals surface area contributed by atoms with E-state index in [0.717, 1.165) is 32.4 Å². The van der Waals surface area contributed by atoms with Crippen LogP contribution in [0.5, 0.6) is 0 Å². The van der Waals surface area contributed by atoms with Gasteiger partial charge in [0.05, 0.1) is 6.54 Å². The van der Waals surface area contributed by atoms with Crippen LogP contribution in [-0.4, -0.2) is 65.8 Å². The molecule has 142 valence electrons. The third-order valence-corrected chi connectivity index (χ3v) is 5.30. The lowest BCUT2D eigenvalue weighted by Gasteiger charge is -2.36. The fourth-order valence-electron chi connectivity index (χ4n) is 3.54. The molecule has 0 atom stereocenters. The zero-order chi connectivity index (χ0) is 18.5. The van der Waals surface area contributed by atoms with Gasteiger partial charge in [-0.3, -0.25) is 14.5 Å². The zero-order valence-corrected chi connectivity index (χ0v) is 16.1. The van der Waals surface area contributed by atoms with Gasteiger partial charge in [0.25, 0.3) is 0 Å². The molecule has 1 aromatic rings. The molecular weight excluding hydrogens is 326 g/mol. The van der Waals surface area contributed by atoms with Crippen molar-refractivity contribution in [3.05, 3.63) is 35.4 Å². The van der Waals surface area contributed by atoms with Gasteiger partial charge in [0.1, 0.15) is 0 Å². The van der Waals surface area contributed by atoms with E-state index in [1.54, 1.807) is 0 Å². The summed E-state index contributed by atoms with van der Waals surface area (Å²) in [4.78, 5) is 31.0. The van der Waals surface area contributed by atoms with Gasteiger partial charge >= 0.3 is 0 Å². The minimum Gasteiger partial charge on any atom is -0.339 e. The summed E-state index contributed by atoms with van der Waals surface area (Å²) in [5, 5.41) is 0. The smallest absolute Gasteiger partial charge is 0.236 e. The number of hydrogen-bond acceptors (Lipinski definition) is 3. The molecule has 1 saturated carbocycles. The highest BCUT2D eigenvalue weighted by molar-refractivity contribution is 5.82. The fourth-order valence-corrected chi connectivity index (χ4v) is 3.54. The Morgan fingerprint density at radius 1 is 1.04 bits per heavy atom. The molecule has 0 spiro atoms. The lowest BCUT2D eigenvalue weighted by molar-refractivity contribution is -0.141. The van der Waals surface area contributed by atoms with E-state index in [1.807, 2.05) is 9.80 Å². The summed E-state index contributed by atoms with van der Waals surface area (Å²) in [7, 11) is 0. The van der Waals surface area contributed by atoms with Gasteiger partial charge < -0.3 is 9.80 Å². The Kier molecular flexibility index (Phi) is 6.30. The highest BCUT2D eigenvalue weighted by atomic mass is 16.2. The standard InChI is InChI=1S/C21H31N3O2/c1-3-10-22(15-18-6-4-17(2)5-7-18)16-20(25)23-11-13-24(14-12-23)21(26)19-8-9-19/h4-7,19H,3,8-16H2,1-2H3. The molecule has 1 saturated heterocycles. The summed E-state index contributed by atoms with van der Waals surface area (Å²) >= 11 is 0. The highest BCUT2D eigenvalue weighted by Gasteiger charge is 2.35. The minimum absolute atomic E-state index is 0.184. The third kappa shape index (κ3) is 5.07. The molecule has 26 heavy (non-hydrogen) atoms. The largest absolute Gasteiger partial charge is 0.339 e. The van der Waals surface area contributed by atoms with Crippen LogP contribution >= 0.6 is 0 Å². The van der Waals surface area contributed by atoms with Crippen molar-refractivity contribution in [2.75, 3.05) is 39.3 Å². The first-order valence-corrected chi connectivity index (χ1v) is 9.91. The van der Waals surface area contributed by atoms with E-state index in [-0.39, 0.29) is 11.8 Å². The normalized spacial score (nSPS) is 17.7. The number of nitrogens with zero attached hydrogens (tertiary/aromatic N) is 3. The molecule has 3 rings (SSSR count). The minimum atomic E-state index is 0.184. The summed E-state index contributed by atoms with van der Waals surface area (Å²) in [5.74, 6) is 0.750. The summed E-state index contributed by atoms with van der Waals surface area (Å²) in [6.45, 7) is 9.13. The van der Waals surface area contributed by atoms with E-state index < -0.39 is 0 Å². The van der Waals surface area contributed by atoms with Crippen LogP contribution in [0.3, 0.4) is 0 Å². The van der Waals surface area contributed by atoms with Crippen molar-refractivity contribution >= 4 is 11.8 Å². The van der Waals surface area contributed by atoms with E-state index in [4.69, 9.17) is 0 Å². The molecular formula is C21H31N3O2. The number of hydrogen-bond donors (Lipinski definition) is 0. The number of benzene rings is 1. The first-order valence-electron chi connectivity index (χ1n) is 9.91. The Morgan fingerprint density at radius 3 is 2.23 bits per heavy atom. The van der Waals surface area contributed by atoms with Crippen LogP contribution in [0.15, 0.2) is 24.3 Å². The number of carbonyl (C=O) groups is 2. The highest BCUT2D eigenvalue weighted by Crippen LogP contribution is 2.31. The summed E-state index contributed by atoms with van der Waals surface area (Å²) < 4.78 is 0. The maximum Gasteiger partial charge on any atom is 0.236 e. The molecule has 2 amide bonds. The van der Waals surface area contributed by atoms with Crippen LogP contribution < -0.4 is 0 Å². The van der Waals surface area contributed by atoms with Gasteiger partial charge in [-0.1, -0.05) is 36.8 Å². The van der Waals surface area contributed by atoms with Gasteiger partial charge in [0, 0.05) is 38.6 Å². The average molecular weight is 357 g/mol. The molecule has 0 bridgehead atoms. The van der Waals surface area contributed by atoms with Crippen molar-refractivity contribution in [1.82, 2.24) is 14.7 Å². The van der Waals surface area contributed by atoms with Crippen molar-refractivity contribution in [2.45, 2.75) is 39.7 Å². The maximum atomic E-state index is 12.7. The lowest BCUT2D eigenvalue weighted by atomic mass is 10.1. The quantitative estimate of drug-likeness (QED) is 0.752.